The lowest BCUT2D eigenvalue weighted by molar-refractivity contribution is -0.148. The number of unbranched alkanes of at least 4 members (excludes halogenated alkanes) is 3. The third kappa shape index (κ3) is 9.60. The molecule has 0 aromatic carbocycles. The van der Waals surface area contributed by atoms with Crippen LogP contribution in [0.3, 0.4) is 0 Å². The maximum absolute atomic E-state index is 10.8. The molecule has 17 heavy (non-hydrogen) atoms. The summed E-state index contributed by atoms with van der Waals surface area (Å²) in [6, 6.07) is 0. The van der Waals surface area contributed by atoms with Crippen molar-refractivity contribution in [2.24, 2.45) is 5.92 Å². The Morgan fingerprint density at radius 3 is 2.29 bits per heavy atom. The molecular formula is C13H22O4. The summed E-state index contributed by atoms with van der Waals surface area (Å²) < 4.78 is 0. The van der Waals surface area contributed by atoms with Crippen molar-refractivity contribution in [1.82, 2.24) is 0 Å². The van der Waals surface area contributed by atoms with Crippen LogP contribution >= 0.6 is 0 Å². The molecule has 98 valence electrons. The van der Waals surface area contributed by atoms with Crippen molar-refractivity contribution < 1.29 is 19.8 Å². The Kier molecular flexibility index (Phi) is 9.11. The normalized spacial score (nSPS) is 12.8. The summed E-state index contributed by atoms with van der Waals surface area (Å²) >= 11 is 0. The van der Waals surface area contributed by atoms with Gasteiger partial charge in [0.1, 0.15) is 0 Å². The van der Waals surface area contributed by atoms with Crippen molar-refractivity contribution in [2.75, 3.05) is 0 Å². The maximum atomic E-state index is 10.8. The zero-order valence-electron chi connectivity index (χ0n) is 10.4. The molecule has 0 heterocycles. The first-order chi connectivity index (χ1) is 8.07. The smallest absolute Gasteiger partial charge is 0.307 e. The molecule has 1 atom stereocenters. The van der Waals surface area contributed by atoms with Crippen molar-refractivity contribution in [2.45, 2.75) is 51.9 Å². The molecule has 4 heteroatoms. The average Bonchev–Trinajstić information content (AvgIpc) is 2.25. The van der Waals surface area contributed by atoms with Gasteiger partial charge in [0.05, 0.1) is 12.3 Å². The summed E-state index contributed by atoms with van der Waals surface area (Å²) in [5.41, 5.74) is 0. The molecule has 0 aromatic heterocycles. The lowest BCUT2D eigenvalue weighted by Crippen LogP contribution is -2.17. The molecule has 2 N–H and O–H groups in total. The number of carboxylic acid groups (broad SMARTS) is 2. The van der Waals surface area contributed by atoms with E-state index in [-0.39, 0.29) is 6.42 Å². The largest absolute Gasteiger partial charge is 0.481 e. The predicted octanol–water partition coefficient (Wildman–Crippen LogP) is 3.08. The molecule has 0 aliphatic carbocycles. The fourth-order valence-corrected chi connectivity index (χ4v) is 1.57. The molecule has 0 rings (SSSR count). The molecule has 0 radical (unpaired) electrons. The highest BCUT2D eigenvalue weighted by atomic mass is 16.4. The number of allylic oxidation sites excluding steroid dienone is 2. The molecule has 0 fully saturated rings. The topological polar surface area (TPSA) is 74.6 Å². The quantitative estimate of drug-likeness (QED) is 0.456. The van der Waals surface area contributed by atoms with Crippen molar-refractivity contribution in [1.29, 1.82) is 0 Å². The van der Waals surface area contributed by atoms with E-state index >= 15 is 0 Å². The summed E-state index contributed by atoms with van der Waals surface area (Å²) in [6.45, 7) is 2.15. The van der Waals surface area contributed by atoms with Gasteiger partial charge in [-0.05, 0) is 25.7 Å². The number of aliphatic carboxylic acids is 2. The van der Waals surface area contributed by atoms with Gasteiger partial charge < -0.3 is 10.2 Å². The molecule has 0 spiro atoms. The van der Waals surface area contributed by atoms with Crippen LogP contribution < -0.4 is 0 Å². The van der Waals surface area contributed by atoms with Crippen LogP contribution in [-0.4, -0.2) is 22.2 Å². The molecule has 0 bridgehead atoms. The summed E-state index contributed by atoms with van der Waals surface area (Å²) in [5, 5.41) is 17.4. The van der Waals surface area contributed by atoms with Crippen LogP contribution in [0.25, 0.3) is 0 Å². The second-order valence-electron chi connectivity index (χ2n) is 4.18. The van der Waals surface area contributed by atoms with E-state index in [2.05, 4.69) is 13.0 Å². The lowest BCUT2D eigenvalue weighted by Gasteiger charge is -2.07. The zero-order valence-corrected chi connectivity index (χ0v) is 10.4. The van der Waals surface area contributed by atoms with Gasteiger partial charge in [0.25, 0.3) is 0 Å². The fraction of sp³-hybridized carbons (Fsp3) is 0.692. The number of carbonyl (C=O) groups is 2. The standard InChI is InChI=1S/C13H22O4/c1-2-3-4-5-6-7-8-9-11(13(16)17)10-12(14)15/h6-7,11H,2-5,8-10H2,1H3,(H,14,15)(H,16,17)/b7-6+. The van der Waals surface area contributed by atoms with Crippen LogP contribution in [-0.2, 0) is 9.59 Å². The minimum atomic E-state index is -1.05. The van der Waals surface area contributed by atoms with Crippen molar-refractivity contribution in [3.05, 3.63) is 12.2 Å². The molecule has 0 aliphatic heterocycles. The van der Waals surface area contributed by atoms with Crippen LogP contribution in [0.15, 0.2) is 12.2 Å². The van der Waals surface area contributed by atoms with Crippen LogP contribution in [0.1, 0.15) is 51.9 Å². The summed E-state index contributed by atoms with van der Waals surface area (Å²) in [5.74, 6) is -2.84. The van der Waals surface area contributed by atoms with Gasteiger partial charge in [0.15, 0.2) is 0 Å². The number of hydrogen-bond acceptors (Lipinski definition) is 2. The van der Waals surface area contributed by atoms with Gasteiger partial charge in [-0.3, -0.25) is 9.59 Å². The highest BCUT2D eigenvalue weighted by Crippen LogP contribution is 2.12. The van der Waals surface area contributed by atoms with Gasteiger partial charge in [-0.2, -0.15) is 0 Å². The molecule has 0 amide bonds. The first kappa shape index (κ1) is 15.7. The average molecular weight is 242 g/mol. The van der Waals surface area contributed by atoms with Crippen molar-refractivity contribution in [3.8, 4) is 0 Å². The van der Waals surface area contributed by atoms with Crippen molar-refractivity contribution >= 4 is 11.9 Å². The third-order valence-electron chi connectivity index (χ3n) is 2.59. The minimum absolute atomic E-state index is 0.293. The first-order valence-corrected chi connectivity index (χ1v) is 6.17. The van der Waals surface area contributed by atoms with Crippen molar-refractivity contribution in [3.63, 3.8) is 0 Å². The Hall–Kier alpha value is -1.32. The molecule has 1 unspecified atom stereocenters. The molecule has 4 nitrogen and oxygen atoms in total. The SMILES string of the molecule is CCCCC/C=C/CCC(CC(=O)O)C(=O)O. The van der Waals surface area contributed by atoms with Gasteiger partial charge in [-0.15, -0.1) is 0 Å². The Labute approximate surface area is 102 Å². The highest BCUT2D eigenvalue weighted by molar-refractivity contribution is 5.77. The highest BCUT2D eigenvalue weighted by Gasteiger charge is 2.19. The van der Waals surface area contributed by atoms with Gasteiger partial charge in [-0.1, -0.05) is 31.9 Å². The number of hydrogen-bond donors (Lipinski definition) is 2. The Balaban J connectivity index is 3.74. The van der Waals surface area contributed by atoms with E-state index in [4.69, 9.17) is 10.2 Å². The van der Waals surface area contributed by atoms with E-state index in [1.165, 1.54) is 12.8 Å². The summed E-state index contributed by atoms with van der Waals surface area (Å²) in [4.78, 5) is 21.2. The van der Waals surface area contributed by atoms with Crippen LogP contribution in [0.4, 0.5) is 0 Å². The Morgan fingerprint density at radius 1 is 1.12 bits per heavy atom. The van der Waals surface area contributed by atoms with Gasteiger partial charge in [0, 0.05) is 0 Å². The molecule has 0 aromatic rings. The third-order valence-corrected chi connectivity index (χ3v) is 2.59. The van der Waals surface area contributed by atoms with E-state index in [0.717, 1.165) is 12.8 Å². The fourth-order valence-electron chi connectivity index (χ4n) is 1.57. The van der Waals surface area contributed by atoms with E-state index in [0.29, 0.717) is 12.8 Å². The van der Waals surface area contributed by atoms with Crippen LogP contribution in [0.5, 0.6) is 0 Å². The summed E-state index contributed by atoms with van der Waals surface area (Å²) in [7, 11) is 0. The van der Waals surface area contributed by atoms with E-state index < -0.39 is 17.9 Å². The van der Waals surface area contributed by atoms with E-state index in [1.54, 1.807) is 0 Å². The van der Waals surface area contributed by atoms with E-state index in [1.807, 2.05) is 6.08 Å². The Bertz CT molecular complexity index is 258. The van der Waals surface area contributed by atoms with Gasteiger partial charge in [-0.25, -0.2) is 0 Å². The van der Waals surface area contributed by atoms with Gasteiger partial charge >= 0.3 is 11.9 Å². The predicted molar refractivity (Wildman–Crippen MR) is 65.9 cm³/mol. The number of carboxylic acids is 2. The minimum Gasteiger partial charge on any atom is -0.481 e. The van der Waals surface area contributed by atoms with Gasteiger partial charge in [0.2, 0.25) is 0 Å². The lowest BCUT2D eigenvalue weighted by atomic mass is 9.99. The molecule has 0 aliphatic rings. The van der Waals surface area contributed by atoms with Crippen LogP contribution in [0.2, 0.25) is 0 Å². The molecule has 0 saturated heterocycles. The monoisotopic (exact) mass is 242 g/mol. The second kappa shape index (κ2) is 9.87. The zero-order chi connectivity index (χ0) is 13.1. The summed E-state index contributed by atoms with van der Waals surface area (Å²) in [6.07, 6.45) is 9.31. The second-order valence-corrected chi connectivity index (χ2v) is 4.18. The molecular weight excluding hydrogens is 220 g/mol. The van der Waals surface area contributed by atoms with E-state index in [9.17, 15) is 9.59 Å². The molecule has 0 saturated carbocycles. The first-order valence-electron chi connectivity index (χ1n) is 6.17. The number of rotatable bonds is 10. The Morgan fingerprint density at radius 2 is 1.76 bits per heavy atom. The van der Waals surface area contributed by atoms with Crippen LogP contribution in [0, 0.1) is 5.92 Å². The maximum Gasteiger partial charge on any atom is 0.307 e.